The lowest BCUT2D eigenvalue weighted by molar-refractivity contribution is -0.116. The highest BCUT2D eigenvalue weighted by molar-refractivity contribution is 7.99. The average Bonchev–Trinajstić information content (AvgIpc) is 2.53. The number of nitrogens with one attached hydrogen (secondary N) is 1. The van der Waals surface area contributed by atoms with Gasteiger partial charge in [-0.05, 0) is 55.5 Å². The molecule has 120 valence electrons. The number of carbonyl (C=O) groups excluding carboxylic acids is 2. The van der Waals surface area contributed by atoms with Gasteiger partial charge in [-0.1, -0.05) is 23.7 Å². The molecule has 2 rings (SSSR count). The Bertz CT molecular complexity index is 686. The molecule has 2 aromatic carbocycles. The van der Waals surface area contributed by atoms with E-state index in [-0.39, 0.29) is 11.7 Å². The topological polar surface area (TPSA) is 46.2 Å². The maximum atomic E-state index is 11.9. The minimum absolute atomic E-state index is 0.0135. The Balaban J connectivity index is 1.74. The standard InChI is InChI=1S/C18H18ClNO2S/c1-13(21)14-4-2-5-16(12-14)20-18(22)6-3-11-23-17-9-7-15(19)8-10-17/h2,4-5,7-10,12H,3,6,11H2,1H3,(H,20,22). The van der Waals surface area contributed by atoms with Gasteiger partial charge in [0.1, 0.15) is 0 Å². The molecule has 0 saturated carbocycles. The summed E-state index contributed by atoms with van der Waals surface area (Å²) in [4.78, 5) is 24.4. The number of hydrogen-bond acceptors (Lipinski definition) is 3. The number of carbonyl (C=O) groups is 2. The zero-order valence-electron chi connectivity index (χ0n) is 12.8. The number of benzene rings is 2. The number of amides is 1. The molecule has 0 bridgehead atoms. The molecule has 0 aliphatic carbocycles. The fraction of sp³-hybridized carbons (Fsp3) is 0.222. The van der Waals surface area contributed by atoms with Gasteiger partial charge in [0, 0.05) is 27.6 Å². The molecule has 23 heavy (non-hydrogen) atoms. The monoisotopic (exact) mass is 347 g/mol. The van der Waals surface area contributed by atoms with Gasteiger partial charge in [0.25, 0.3) is 0 Å². The Labute approximate surface area is 145 Å². The minimum Gasteiger partial charge on any atom is -0.326 e. The van der Waals surface area contributed by atoms with Crippen LogP contribution in [0.3, 0.4) is 0 Å². The number of hydrogen-bond donors (Lipinski definition) is 1. The summed E-state index contributed by atoms with van der Waals surface area (Å²) < 4.78 is 0. The van der Waals surface area contributed by atoms with Gasteiger partial charge in [0.15, 0.2) is 5.78 Å². The molecule has 0 spiro atoms. The Morgan fingerprint density at radius 3 is 2.57 bits per heavy atom. The highest BCUT2D eigenvalue weighted by atomic mass is 35.5. The highest BCUT2D eigenvalue weighted by Crippen LogP contribution is 2.21. The SMILES string of the molecule is CC(=O)c1cccc(NC(=O)CCCSc2ccc(Cl)cc2)c1. The van der Waals surface area contributed by atoms with Gasteiger partial charge in [-0.3, -0.25) is 9.59 Å². The predicted octanol–water partition coefficient (Wildman–Crippen LogP) is 5.05. The zero-order valence-corrected chi connectivity index (χ0v) is 14.4. The molecule has 3 nitrogen and oxygen atoms in total. The number of anilines is 1. The van der Waals surface area contributed by atoms with E-state index in [0.29, 0.717) is 17.7 Å². The van der Waals surface area contributed by atoms with Crippen molar-refractivity contribution in [3.05, 3.63) is 59.1 Å². The number of ketones is 1. The van der Waals surface area contributed by atoms with Gasteiger partial charge in [-0.2, -0.15) is 0 Å². The van der Waals surface area contributed by atoms with Crippen LogP contribution in [-0.4, -0.2) is 17.4 Å². The van der Waals surface area contributed by atoms with E-state index in [2.05, 4.69) is 5.32 Å². The van der Waals surface area contributed by atoms with Crippen LogP contribution in [0.1, 0.15) is 30.1 Å². The third-order valence-electron chi connectivity index (χ3n) is 3.18. The second kappa shape index (κ2) is 8.75. The summed E-state index contributed by atoms with van der Waals surface area (Å²) in [5, 5.41) is 3.55. The van der Waals surface area contributed by atoms with E-state index in [0.717, 1.165) is 22.1 Å². The number of Topliss-reactive ketones (excluding diaryl/α,β-unsaturated/α-hetero) is 1. The summed E-state index contributed by atoms with van der Waals surface area (Å²) in [5.41, 5.74) is 1.26. The van der Waals surface area contributed by atoms with Crippen molar-refractivity contribution >= 4 is 40.7 Å². The largest absolute Gasteiger partial charge is 0.326 e. The minimum atomic E-state index is -0.0394. The van der Waals surface area contributed by atoms with Crippen LogP contribution in [0.2, 0.25) is 5.02 Å². The highest BCUT2D eigenvalue weighted by Gasteiger charge is 2.05. The van der Waals surface area contributed by atoms with E-state index in [1.54, 1.807) is 36.0 Å². The van der Waals surface area contributed by atoms with Crippen LogP contribution in [0.15, 0.2) is 53.4 Å². The predicted molar refractivity (Wildman–Crippen MR) is 96.5 cm³/mol. The van der Waals surface area contributed by atoms with Crippen LogP contribution in [0.4, 0.5) is 5.69 Å². The summed E-state index contributed by atoms with van der Waals surface area (Å²) in [7, 11) is 0. The molecule has 1 amide bonds. The summed E-state index contributed by atoms with van der Waals surface area (Å²) in [6, 6.07) is 14.6. The van der Waals surface area contributed by atoms with Crippen molar-refractivity contribution in [3.63, 3.8) is 0 Å². The van der Waals surface area contributed by atoms with Crippen LogP contribution < -0.4 is 5.32 Å². The van der Waals surface area contributed by atoms with Gasteiger partial charge in [0.2, 0.25) is 5.91 Å². The van der Waals surface area contributed by atoms with Crippen LogP contribution in [0.5, 0.6) is 0 Å². The van der Waals surface area contributed by atoms with Crippen LogP contribution in [0, 0.1) is 0 Å². The van der Waals surface area contributed by atoms with Gasteiger partial charge in [-0.25, -0.2) is 0 Å². The molecule has 0 aliphatic heterocycles. The van der Waals surface area contributed by atoms with Crippen molar-refractivity contribution in [3.8, 4) is 0 Å². The van der Waals surface area contributed by atoms with E-state index in [9.17, 15) is 9.59 Å². The fourth-order valence-electron chi connectivity index (χ4n) is 1.99. The van der Waals surface area contributed by atoms with E-state index >= 15 is 0 Å². The smallest absolute Gasteiger partial charge is 0.224 e. The Kier molecular flexibility index (Phi) is 6.68. The van der Waals surface area contributed by atoms with Crippen molar-refractivity contribution in [2.75, 3.05) is 11.1 Å². The van der Waals surface area contributed by atoms with E-state index in [4.69, 9.17) is 11.6 Å². The summed E-state index contributed by atoms with van der Waals surface area (Å²) >= 11 is 7.54. The fourth-order valence-corrected chi connectivity index (χ4v) is 2.97. The number of thioether (sulfide) groups is 1. The second-order valence-electron chi connectivity index (χ2n) is 5.09. The molecule has 0 atom stereocenters. The number of rotatable bonds is 7. The Morgan fingerprint density at radius 1 is 1.13 bits per heavy atom. The first-order chi connectivity index (χ1) is 11.0. The van der Waals surface area contributed by atoms with Gasteiger partial charge >= 0.3 is 0 Å². The van der Waals surface area contributed by atoms with E-state index in [1.807, 2.05) is 24.3 Å². The van der Waals surface area contributed by atoms with Crippen LogP contribution in [-0.2, 0) is 4.79 Å². The Morgan fingerprint density at radius 2 is 1.87 bits per heavy atom. The molecule has 0 saturated heterocycles. The van der Waals surface area contributed by atoms with Crippen molar-refractivity contribution in [1.29, 1.82) is 0 Å². The maximum absolute atomic E-state index is 11.9. The van der Waals surface area contributed by atoms with E-state index < -0.39 is 0 Å². The third kappa shape index (κ3) is 6.08. The summed E-state index contributed by atoms with van der Waals surface area (Å²) in [6.07, 6.45) is 1.23. The molecule has 1 N–H and O–H groups in total. The Hall–Kier alpha value is -1.78. The summed E-state index contributed by atoms with van der Waals surface area (Å²) in [5.74, 6) is 0.811. The summed E-state index contributed by atoms with van der Waals surface area (Å²) in [6.45, 7) is 1.51. The molecule has 0 aliphatic rings. The zero-order chi connectivity index (χ0) is 16.7. The lowest BCUT2D eigenvalue weighted by Gasteiger charge is -2.06. The lowest BCUT2D eigenvalue weighted by Crippen LogP contribution is -2.11. The van der Waals surface area contributed by atoms with Crippen molar-refractivity contribution in [2.45, 2.75) is 24.7 Å². The quantitative estimate of drug-likeness (QED) is 0.433. The van der Waals surface area contributed by atoms with Crippen molar-refractivity contribution < 1.29 is 9.59 Å². The molecule has 0 aromatic heterocycles. The van der Waals surface area contributed by atoms with Gasteiger partial charge < -0.3 is 5.32 Å². The first kappa shape index (κ1) is 17.6. The number of halogens is 1. The van der Waals surface area contributed by atoms with Crippen molar-refractivity contribution in [2.24, 2.45) is 0 Å². The second-order valence-corrected chi connectivity index (χ2v) is 6.70. The molecule has 0 heterocycles. The third-order valence-corrected chi connectivity index (χ3v) is 4.53. The maximum Gasteiger partial charge on any atom is 0.224 e. The molecule has 5 heteroatoms. The average molecular weight is 348 g/mol. The molecule has 0 fully saturated rings. The van der Waals surface area contributed by atoms with Crippen LogP contribution >= 0.6 is 23.4 Å². The normalized spacial score (nSPS) is 10.3. The van der Waals surface area contributed by atoms with Gasteiger partial charge in [0.05, 0.1) is 0 Å². The van der Waals surface area contributed by atoms with E-state index in [1.165, 1.54) is 6.92 Å². The molecular weight excluding hydrogens is 330 g/mol. The first-order valence-electron chi connectivity index (χ1n) is 7.34. The molecule has 0 unspecified atom stereocenters. The molecule has 0 radical (unpaired) electrons. The molecular formula is C18H18ClNO2S. The lowest BCUT2D eigenvalue weighted by atomic mass is 10.1. The van der Waals surface area contributed by atoms with Crippen molar-refractivity contribution in [1.82, 2.24) is 0 Å². The van der Waals surface area contributed by atoms with Gasteiger partial charge in [-0.15, -0.1) is 11.8 Å². The molecule has 2 aromatic rings. The first-order valence-corrected chi connectivity index (χ1v) is 8.70. The van der Waals surface area contributed by atoms with Crippen LogP contribution in [0.25, 0.3) is 0 Å².